The van der Waals surface area contributed by atoms with Crippen LogP contribution in [0.15, 0.2) is 30.5 Å². The average Bonchev–Trinajstić information content (AvgIpc) is 2.52. The van der Waals surface area contributed by atoms with E-state index in [1.54, 1.807) is 0 Å². The van der Waals surface area contributed by atoms with Crippen molar-refractivity contribution >= 4 is 28.2 Å². The van der Waals surface area contributed by atoms with Crippen molar-refractivity contribution in [1.82, 2.24) is 9.88 Å². The van der Waals surface area contributed by atoms with Crippen molar-refractivity contribution in [3.05, 3.63) is 35.5 Å². The Morgan fingerprint density at radius 2 is 2.00 bits per heavy atom. The van der Waals surface area contributed by atoms with Crippen LogP contribution in [0.5, 0.6) is 0 Å². The summed E-state index contributed by atoms with van der Waals surface area (Å²) in [6.07, 6.45) is 4.15. The van der Waals surface area contributed by atoms with E-state index in [-0.39, 0.29) is 0 Å². The van der Waals surface area contributed by atoms with Crippen LogP contribution >= 0.6 is 11.6 Å². The second-order valence-corrected chi connectivity index (χ2v) is 6.12. The molecule has 1 aromatic heterocycles. The molecule has 0 aliphatic heterocycles. The highest BCUT2D eigenvalue weighted by atomic mass is 35.5. The summed E-state index contributed by atoms with van der Waals surface area (Å²) in [6, 6.07) is 8.34. The van der Waals surface area contributed by atoms with Gasteiger partial charge in [0.15, 0.2) is 0 Å². The van der Waals surface area contributed by atoms with Crippen molar-refractivity contribution in [1.29, 1.82) is 0 Å². The van der Waals surface area contributed by atoms with Gasteiger partial charge < -0.3 is 10.2 Å². The third kappa shape index (κ3) is 4.34. The van der Waals surface area contributed by atoms with Crippen LogP contribution in [-0.4, -0.2) is 35.6 Å². The zero-order chi connectivity index (χ0) is 15.9. The van der Waals surface area contributed by atoms with Crippen LogP contribution in [0.2, 0.25) is 5.02 Å². The molecule has 0 saturated heterocycles. The number of hydrogen-bond acceptors (Lipinski definition) is 3. The molecule has 0 aliphatic rings. The Bertz CT molecular complexity index is 591. The maximum Gasteiger partial charge on any atom is 0.135 e. The average molecular weight is 320 g/mol. The van der Waals surface area contributed by atoms with Crippen molar-refractivity contribution in [3.8, 4) is 0 Å². The van der Waals surface area contributed by atoms with Crippen molar-refractivity contribution in [3.63, 3.8) is 0 Å². The van der Waals surface area contributed by atoms with Crippen molar-refractivity contribution in [2.24, 2.45) is 0 Å². The monoisotopic (exact) mass is 319 g/mol. The van der Waals surface area contributed by atoms with Gasteiger partial charge in [-0.3, -0.25) is 0 Å². The number of pyridine rings is 1. The molecule has 4 heteroatoms. The lowest BCUT2D eigenvalue weighted by molar-refractivity contribution is 0.295. The molecule has 0 radical (unpaired) electrons. The quantitative estimate of drug-likeness (QED) is 0.756. The fourth-order valence-electron chi connectivity index (χ4n) is 2.76. The maximum atomic E-state index is 6.34. The van der Waals surface area contributed by atoms with Gasteiger partial charge in [-0.15, -0.1) is 0 Å². The molecule has 0 saturated carbocycles. The lowest BCUT2D eigenvalue weighted by atomic mass is 10.1. The van der Waals surface area contributed by atoms with Gasteiger partial charge >= 0.3 is 0 Å². The summed E-state index contributed by atoms with van der Waals surface area (Å²) in [5.41, 5.74) is 0. The molecular weight excluding hydrogens is 294 g/mol. The van der Waals surface area contributed by atoms with Crippen LogP contribution in [0.25, 0.3) is 10.8 Å². The van der Waals surface area contributed by atoms with E-state index in [4.69, 9.17) is 11.6 Å². The van der Waals surface area contributed by atoms with E-state index < -0.39 is 0 Å². The highest BCUT2D eigenvalue weighted by Crippen LogP contribution is 2.29. The number of nitrogens with zero attached hydrogens (tertiary/aromatic N) is 2. The summed E-state index contributed by atoms with van der Waals surface area (Å²) in [4.78, 5) is 6.94. The molecule has 120 valence electrons. The Balaban J connectivity index is 1.99. The lowest BCUT2D eigenvalue weighted by Gasteiger charge is -2.20. The molecule has 0 spiro atoms. The van der Waals surface area contributed by atoms with E-state index in [1.165, 1.54) is 6.42 Å². The van der Waals surface area contributed by atoms with Crippen molar-refractivity contribution in [2.75, 3.05) is 25.0 Å². The number of fused-ring (bicyclic) bond motifs is 1. The van der Waals surface area contributed by atoms with Gasteiger partial charge in [0.1, 0.15) is 5.82 Å². The number of halogens is 1. The molecule has 22 heavy (non-hydrogen) atoms. The number of aromatic nitrogens is 1. The summed E-state index contributed by atoms with van der Waals surface area (Å²) in [6.45, 7) is 10.0. The number of rotatable bonds is 8. The van der Waals surface area contributed by atoms with Gasteiger partial charge in [-0.25, -0.2) is 4.98 Å². The first kappa shape index (κ1) is 17.0. The molecular formula is C18H26ClN3. The molecule has 2 rings (SSSR count). The zero-order valence-electron chi connectivity index (χ0n) is 13.8. The number of hydrogen-bond donors (Lipinski definition) is 1. The Hall–Kier alpha value is -1.32. The third-order valence-corrected chi connectivity index (χ3v) is 4.44. The fourth-order valence-corrected chi connectivity index (χ4v) is 3.03. The Kier molecular flexibility index (Phi) is 6.47. The molecule has 0 bridgehead atoms. The number of nitrogens with one attached hydrogen (secondary N) is 1. The molecule has 0 amide bonds. The largest absolute Gasteiger partial charge is 0.367 e. The van der Waals surface area contributed by atoms with E-state index >= 15 is 0 Å². The minimum atomic E-state index is 0.380. The van der Waals surface area contributed by atoms with Crippen molar-refractivity contribution < 1.29 is 0 Å². The van der Waals surface area contributed by atoms with Crippen LogP contribution in [0.1, 0.15) is 33.6 Å². The second kappa shape index (κ2) is 8.35. The SMILES string of the molecule is CCN(CC)CCC[C@H](C)Nc1nccc2cccc(Cl)c12. The molecule has 1 heterocycles. The molecule has 0 unspecified atom stereocenters. The Morgan fingerprint density at radius 3 is 2.73 bits per heavy atom. The molecule has 2 aromatic rings. The summed E-state index contributed by atoms with van der Waals surface area (Å²) >= 11 is 6.34. The van der Waals surface area contributed by atoms with Crippen LogP contribution in [0.4, 0.5) is 5.82 Å². The molecule has 0 aliphatic carbocycles. The van der Waals surface area contributed by atoms with E-state index in [9.17, 15) is 0 Å². The van der Waals surface area contributed by atoms with Gasteiger partial charge in [-0.2, -0.15) is 0 Å². The van der Waals surface area contributed by atoms with Gasteiger partial charge in [0.2, 0.25) is 0 Å². The van der Waals surface area contributed by atoms with Crippen LogP contribution in [-0.2, 0) is 0 Å². The highest BCUT2D eigenvalue weighted by Gasteiger charge is 2.09. The molecule has 0 fully saturated rings. The third-order valence-electron chi connectivity index (χ3n) is 4.13. The first-order valence-corrected chi connectivity index (χ1v) is 8.55. The predicted octanol–water partition coefficient (Wildman–Crippen LogP) is 4.81. The van der Waals surface area contributed by atoms with Gasteiger partial charge in [-0.05, 0) is 56.9 Å². The van der Waals surface area contributed by atoms with Crippen LogP contribution in [0.3, 0.4) is 0 Å². The fraction of sp³-hybridized carbons (Fsp3) is 0.500. The smallest absolute Gasteiger partial charge is 0.135 e. The summed E-state index contributed by atoms with van der Waals surface area (Å²) < 4.78 is 0. The normalized spacial score (nSPS) is 12.8. The second-order valence-electron chi connectivity index (χ2n) is 5.71. The molecule has 1 N–H and O–H groups in total. The topological polar surface area (TPSA) is 28.2 Å². The van der Waals surface area contributed by atoms with Crippen LogP contribution in [0, 0.1) is 0 Å². The molecule has 1 aromatic carbocycles. The van der Waals surface area contributed by atoms with E-state index in [1.807, 2.05) is 24.4 Å². The van der Waals surface area contributed by atoms with Gasteiger partial charge in [0.25, 0.3) is 0 Å². The Labute approximate surface area is 138 Å². The van der Waals surface area contributed by atoms with Crippen molar-refractivity contribution in [2.45, 2.75) is 39.7 Å². The van der Waals surface area contributed by atoms with Gasteiger partial charge in [0, 0.05) is 17.6 Å². The first-order valence-electron chi connectivity index (χ1n) is 8.17. The lowest BCUT2D eigenvalue weighted by Crippen LogP contribution is -2.25. The van der Waals surface area contributed by atoms with Gasteiger partial charge in [0.05, 0.1) is 5.02 Å². The molecule has 3 nitrogen and oxygen atoms in total. The number of anilines is 1. The standard InChI is InChI=1S/C18H26ClN3/c1-4-22(5-2)13-7-8-14(3)21-18-17-15(11-12-20-18)9-6-10-16(17)19/h6,9-12,14H,4-5,7-8,13H2,1-3H3,(H,20,21)/t14-/m0/s1. The van der Waals surface area contributed by atoms with Gasteiger partial charge in [-0.1, -0.05) is 37.6 Å². The van der Waals surface area contributed by atoms with E-state index in [0.717, 1.165) is 47.7 Å². The van der Waals surface area contributed by atoms with Crippen LogP contribution < -0.4 is 5.32 Å². The van der Waals surface area contributed by atoms with E-state index in [2.05, 4.69) is 42.0 Å². The minimum Gasteiger partial charge on any atom is -0.367 e. The van der Waals surface area contributed by atoms with E-state index in [0.29, 0.717) is 6.04 Å². The number of benzene rings is 1. The zero-order valence-corrected chi connectivity index (χ0v) is 14.5. The minimum absolute atomic E-state index is 0.380. The Morgan fingerprint density at radius 1 is 1.23 bits per heavy atom. The first-order chi connectivity index (χ1) is 10.7. The summed E-state index contributed by atoms with van der Waals surface area (Å²) in [7, 11) is 0. The highest BCUT2D eigenvalue weighted by molar-refractivity contribution is 6.36. The maximum absolute atomic E-state index is 6.34. The summed E-state index contributed by atoms with van der Waals surface area (Å²) in [5.74, 6) is 0.887. The molecule has 1 atom stereocenters. The predicted molar refractivity (Wildman–Crippen MR) is 96.9 cm³/mol. The summed E-state index contributed by atoms with van der Waals surface area (Å²) in [5, 5.41) is 6.42.